The molecule has 1 atom stereocenters. The van der Waals surface area contributed by atoms with Crippen LogP contribution < -0.4 is 0 Å². The number of hydrogen-bond donors (Lipinski definition) is 0. The number of para-hydroxylation sites is 1. The van der Waals surface area contributed by atoms with E-state index in [2.05, 4.69) is 10.3 Å². The summed E-state index contributed by atoms with van der Waals surface area (Å²) >= 11 is 0. The molecule has 0 radical (unpaired) electrons. The molecular weight excluding hydrogens is 318 g/mol. The van der Waals surface area contributed by atoms with Gasteiger partial charge in [-0.05, 0) is 45.7 Å². The van der Waals surface area contributed by atoms with Gasteiger partial charge in [-0.3, -0.25) is 4.79 Å². The first kappa shape index (κ1) is 17.6. The van der Waals surface area contributed by atoms with Gasteiger partial charge in [0, 0.05) is 13.0 Å². The second-order valence-electron chi connectivity index (χ2n) is 7.70. The minimum atomic E-state index is -0.681. The third-order valence-corrected chi connectivity index (χ3v) is 4.36. The first-order valence-electron chi connectivity index (χ1n) is 8.58. The van der Waals surface area contributed by atoms with Crippen molar-refractivity contribution < 1.29 is 14.3 Å². The van der Waals surface area contributed by atoms with Crippen molar-refractivity contribution in [3.63, 3.8) is 0 Å². The van der Waals surface area contributed by atoms with E-state index in [-0.39, 0.29) is 5.97 Å². The standard InChI is InChI=1S/C19H25N3O3/c1-14-7-5-6-8-16(14)22-12-15(20-21-22)11-19(9-10-24-13-19)17(23)25-18(2,3)4/h5-8,12H,9-11,13H2,1-4H3. The molecule has 0 saturated carbocycles. The molecule has 6 nitrogen and oxygen atoms in total. The van der Waals surface area contributed by atoms with E-state index in [1.54, 1.807) is 4.68 Å². The van der Waals surface area contributed by atoms with E-state index in [0.717, 1.165) is 16.9 Å². The van der Waals surface area contributed by atoms with Crippen LogP contribution in [0.3, 0.4) is 0 Å². The van der Waals surface area contributed by atoms with E-state index in [1.165, 1.54) is 0 Å². The summed E-state index contributed by atoms with van der Waals surface area (Å²) < 4.78 is 12.9. The summed E-state index contributed by atoms with van der Waals surface area (Å²) in [7, 11) is 0. The Morgan fingerprint density at radius 1 is 1.36 bits per heavy atom. The van der Waals surface area contributed by atoms with Gasteiger partial charge in [-0.2, -0.15) is 0 Å². The third kappa shape index (κ3) is 3.90. The molecule has 134 valence electrons. The second-order valence-corrected chi connectivity index (χ2v) is 7.70. The lowest BCUT2D eigenvalue weighted by Gasteiger charge is -2.29. The molecule has 3 rings (SSSR count). The molecule has 1 fully saturated rings. The maximum atomic E-state index is 12.8. The molecule has 0 spiro atoms. The van der Waals surface area contributed by atoms with Crippen LogP contribution in [0, 0.1) is 12.3 Å². The predicted octanol–water partition coefficient (Wildman–Crippen LogP) is 2.87. The fourth-order valence-electron chi connectivity index (χ4n) is 3.03. The zero-order chi connectivity index (χ0) is 18.1. The van der Waals surface area contributed by atoms with Gasteiger partial charge in [0.05, 0.1) is 29.6 Å². The zero-order valence-electron chi connectivity index (χ0n) is 15.3. The Morgan fingerprint density at radius 3 is 2.76 bits per heavy atom. The molecule has 1 aliphatic heterocycles. The van der Waals surface area contributed by atoms with Gasteiger partial charge in [-0.15, -0.1) is 5.10 Å². The summed E-state index contributed by atoms with van der Waals surface area (Å²) in [5.41, 5.74) is 1.66. The molecule has 1 aromatic carbocycles. The number of aromatic nitrogens is 3. The number of nitrogens with zero attached hydrogens (tertiary/aromatic N) is 3. The molecule has 0 bridgehead atoms. The molecule has 2 aromatic rings. The molecule has 0 aliphatic carbocycles. The Bertz CT molecular complexity index is 755. The fraction of sp³-hybridized carbons (Fsp3) is 0.526. The van der Waals surface area contributed by atoms with E-state index in [9.17, 15) is 4.79 Å². The lowest BCUT2D eigenvalue weighted by molar-refractivity contribution is -0.167. The van der Waals surface area contributed by atoms with Gasteiger partial charge in [-0.1, -0.05) is 23.4 Å². The van der Waals surface area contributed by atoms with E-state index < -0.39 is 11.0 Å². The van der Waals surface area contributed by atoms with E-state index in [1.807, 2.05) is 58.2 Å². The molecule has 25 heavy (non-hydrogen) atoms. The summed E-state index contributed by atoms with van der Waals surface area (Å²) in [6.07, 6.45) is 2.99. The van der Waals surface area contributed by atoms with Gasteiger partial charge in [0.1, 0.15) is 5.60 Å². The summed E-state index contributed by atoms with van der Waals surface area (Å²) in [5, 5.41) is 8.50. The van der Waals surface area contributed by atoms with Crippen molar-refractivity contribution in [3.8, 4) is 5.69 Å². The van der Waals surface area contributed by atoms with Crippen molar-refractivity contribution in [1.82, 2.24) is 15.0 Å². The van der Waals surface area contributed by atoms with Gasteiger partial charge >= 0.3 is 5.97 Å². The van der Waals surface area contributed by atoms with Crippen LogP contribution in [0.15, 0.2) is 30.5 Å². The van der Waals surface area contributed by atoms with Crippen LogP contribution in [0.5, 0.6) is 0 Å². The number of hydrogen-bond acceptors (Lipinski definition) is 5. The van der Waals surface area contributed by atoms with Crippen molar-refractivity contribution in [1.29, 1.82) is 0 Å². The van der Waals surface area contributed by atoms with Crippen LogP contribution in [-0.2, 0) is 20.7 Å². The Labute approximate surface area is 148 Å². The predicted molar refractivity (Wildman–Crippen MR) is 93.5 cm³/mol. The van der Waals surface area contributed by atoms with Crippen LogP contribution >= 0.6 is 0 Å². The number of rotatable bonds is 4. The van der Waals surface area contributed by atoms with Crippen molar-refractivity contribution in [2.45, 2.75) is 46.1 Å². The number of carbonyl (C=O) groups excluding carboxylic acids is 1. The maximum absolute atomic E-state index is 12.8. The summed E-state index contributed by atoms with van der Waals surface area (Å²) in [6.45, 7) is 8.59. The summed E-state index contributed by atoms with van der Waals surface area (Å²) in [5.74, 6) is -0.219. The van der Waals surface area contributed by atoms with Gasteiger partial charge < -0.3 is 9.47 Å². The van der Waals surface area contributed by atoms with E-state index in [4.69, 9.17) is 9.47 Å². The molecule has 0 N–H and O–H groups in total. The Morgan fingerprint density at radius 2 is 2.12 bits per heavy atom. The maximum Gasteiger partial charge on any atom is 0.315 e. The average molecular weight is 343 g/mol. The molecule has 1 saturated heterocycles. The molecule has 1 aromatic heterocycles. The lowest BCUT2D eigenvalue weighted by atomic mass is 9.82. The molecule has 2 heterocycles. The quantitative estimate of drug-likeness (QED) is 0.799. The van der Waals surface area contributed by atoms with Crippen LogP contribution in [-0.4, -0.2) is 39.8 Å². The van der Waals surface area contributed by atoms with Crippen molar-refractivity contribution in [2.24, 2.45) is 5.41 Å². The molecule has 1 unspecified atom stereocenters. The number of benzene rings is 1. The van der Waals surface area contributed by atoms with E-state index >= 15 is 0 Å². The van der Waals surface area contributed by atoms with Crippen LogP contribution in [0.4, 0.5) is 0 Å². The number of ether oxygens (including phenoxy) is 2. The Hall–Kier alpha value is -2.21. The van der Waals surface area contributed by atoms with Crippen molar-refractivity contribution in [3.05, 3.63) is 41.7 Å². The highest BCUT2D eigenvalue weighted by Gasteiger charge is 2.45. The van der Waals surface area contributed by atoms with Gasteiger partial charge in [0.15, 0.2) is 0 Å². The van der Waals surface area contributed by atoms with Crippen molar-refractivity contribution in [2.75, 3.05) is 13.2 Å². The highest BCUT2D eigenvalue weighted by Crippen LogP contribution is 2.35. The number of aryl methyl sites for hydroxylation is 1. The zero-order valence-corrected chi connectivity index (χ0v) is 15.3. The molecule has 1 aliphatic rings. The van der Waals surface area contributed by atoms with E-state index in [0.29, 0.717) is 26.1 Å². The highest BCUT2D eigenvalue weighted by molar-refractivity contribution is 5.78. The average Bonchev–Trinajstić information content (AvgIpc) is 3.17. The van der Waals surface area contributed by atoms with Crippen molar-refractivity contribution >= 4 is 5.97 Å². The minimum absolute atomic E-state index is 0.219. The van der Waals surface area contributed by atoms with Crippen LogP contribution in [0.1, 0.15) is 38.4 Å². The lowest BCUT2D eigenvalue weighted by Crippen LogP contribution is -2.40. The topological polar surface area (TPSA) is 66.2 Å². The van der Waals surface area contributed by atoms with Gasteiger partial charge in [0.25, 0.3) is 0 Å². The first-order chi connectivity index (χ1) is 11.8. The van der Waals surface area contributed by atoms with Crippen LogP contribution in [0.25, 0.3) is 5.69 Å². The third-order valence-electron chi connectivity index (χ3n) is 4.36. The van der Waals surface area contributed by atoms with Gasteiger partial charge in [0.2, 0.25) is 0 Å². The summed E-state index contributed by atoms with van der Waals surface area (Å²) in [4.78, 5) is 12.8. The normalized spacial score (nSPS) is 20.6. The van der Waals surface area contributed by atoms with Crippen LogP contribution in [0.2, 0.25) is 0 Å². The first-order valence-corrected chi connectivity index (χ1v) is 8.58. The highest BCUT2D eigenvalue weighted by atomic mass is 16.6. The van der Waals surface area contributed by atoms with Gasteiger partial charge in [-0.25, -0.2) is 4.68 Å². The second kappa shape index (κ2) is 6.59. The molecule has 6 heteroatoms. The number of esters is 1. The monoisotopic (exact) mass is 343 g/mol. The SMILES string of the molecule is Cc1ccccc1-n1cc(CC2(C(=O)OC(C)(C)C)CCOC2)nn1. The smallest absolute Gasteiger partial charge is 0.315 e. The number of carbonyl (C=O) groups is 1. The molecular formula is C19H25N3O3. The fourth-order valence-corrected chi connectivity index (χ4v) is 3.03. The molecule has 0 amide bonds. The Balaban J connectivity index is 1.82. The summed E-state index contributed by atoms with van der Waals surface area (Å²) in [6, 6.07) is 7.99. The Kier molecular flexibility index (Phi) is 4.64. The largest absolute Gasteiger partial charge is 0.459 e. The minimum Gasteiger partial charge on any atom is -0.459 e.